The zero-order valence-corrected chi connectivity index (χ0v) is 12.3. The Morgan fingerprint density at radius 2 is 1.83 bits per heavy atom. The maximum Gasteiger partial charge on any atom is 0.228 e. The van der Waals surface area contributed by atoms with Crippen molar-refractivity contribution in [1.82, 2.24) is 10.2 Å². The third kappa shape index (κ3) is 2.56. The van der Waals surface area contributed by atoms with Crippen molar-refractivity contribution in [2.75, 3.05) is 26.2 Å². The summed E-state index contributed by atoms with van der Waals surface area (Å²) in [7, 11) is 0. The summed E-state index contributed by atoms with van der Waals surface area (Å²) in [5.41, 5.74) is -0.211. The molecule has 2 rings (SSSR count). The number of carbonyl (C=O) groups is 1. The van der Waals surface area contributed by atoms with Crippen LogP contribution in [0.5, 0.6) is 0 Å². The molecule has 1 N–H and O–H groups in total. The van der Waals surface area contributed by atoms with Crippen molar-refractivity contribution in [3.8, 4) is 0 Å². The summed E-state index contributed by atoms with van der Waals surface area (Å²) < 4.78 is 0. The molecular weight excluding hydrogens is 224 g/mol. The Morgan fingerprint density at radius 1 is 1.22 bits per heavy atom. The van der Waals surface area contributed by atoms with Crippen molar-refractivity contribution in [3.63, 3.8) is 0 Å². The molecule has 2 aliphatic rings. The molecular formula is C15H28N2O. The third-order valence-corrected chi connectivity index (χ3v) is 5.14. The first kappa shape index (κ1) is 13.9. The Morgan fingerprint density at radius 3 is 2.33 bits per heavy atom. The van der Waals surface area contributed by atoms with Crippen LogP contribution >= 0.6 is 0 Å². The van der Waals surface area contributed by atoms with Gasteiger partial charge in [0.2, 0.25) is 5.91 Å². The van der Waals surface area contributed by atoms with E-state index in [1.165, 1.54) is 12.8 Å². The summed E-state index contributed by atoms with van der Waals surface area (Å²) in [5.74, 6) is 2.15. The molecule has 2 saturated heterocycles. The Hall–Kier alpha value is -0.570. The van der Waals surface area contributed by atoms with Gasteiger partial charge in [-0.1, -0.05) is 27.7 Å². The van der Waals surface area contributed by atoms with Gasteiger partial charge in [0.15, 0.2) is 0 Å². The number of hydrogen-bond donors (Lipinski definition) is 1. The molecule has 2 heterocycles. The molecule has 104 valence electrons. The van der Waals surface area contributed by atoms with E-state index >= 15 is 0 Å². The average molecular weight is 252 g/mol. The highest BCUT2D eigenvalue weighted by Gasteiger charge is 2.42. The maximum absolute atomic E-state index is 12.8. The number of carbonyl (C=O) groups excluding carboxylic acids is 1. The van der Waals surface area contributed by atoms with Gasteiger partial charge < -0.3 is 10.2 Å². The highest BCUT2D eigenvalue weighted by molar-refractivity contribution is 5.82. The van der Waals surface area contributed by atoms with E-state index in [4.69, 9.17) is 0 Å². The molecule has 1 amide bonds. The van der Waals surface area contributed by atoms with Gasteiger partial charge in [-0.3, -0.25) is 4.79 Å². The van der Waals surface area contributed by atoms with E-state index in [0.717, 1.165) is 26.2 Å². The molecule has 0 spiro atoms. The summed E-state index contributed by atoms with van der Waals surface area (Å²) in [5, 5.41) is 3.43. The van der Waals surface area contributed by atoms with Crippen molar-refractivity contribution in [2.45, 2.75) is 40.5 Å². The highest BCUT2D eigenvalue weighted by atomic mass is 16.2. The van der Waals surface area contributed by atoms with Crippen molar-refractivity contribution < 1.29 is 4.79 Å². The number of likely N-dealkylation sites (tertiary alicyclic amines) is 1. The van der Waals surface area contributed by atoms with Gasteiger partial charge in [-0.15, -0.1) is 0 Å². The summed E-state index contributed by atoms with van der Waals surface area (Å²) in [6.07, 6.45) is 2.39. The monoisotopic (exact) mass is 252 g/mol. The lowest BCUT2D eigenvalue weighted by Crippen LogP contribution is -2.48. The minimum Gasteiger partial charge on any atom is -0.342 e. The SMILES string of the molecule is CC1CN(C(=O)C(C)(C)C2CCCNC2)CC1C. The second-order valence-corrected chi connectivity index (χ2v) is 6.93. The minimum absolute atomic E-state index is 0.211. The molecule has 0 aromatic heterocycles. The first-order valence-corrected chi connectivity index (χ1v) is 7.43. The standard InChI is InChI=1S/C15H28N2O/c1-11-9-17(10-12(11)2)14(18)15(3,4)13-6-5-7-16-8-13/h11-13,16H,5-10H2,1-4H3. The van der Waals surface area contributed by atoms with Gasteiger partial charge in [-0.25, -0.2) is 0 Å². The Balaban J connectivity index is 2.02. The van der Waals surface area contributed by atoms with Gasteiger partial charge in [0, 0.05) is 18.5 Å². The first-order valence-electron chi connectivity index (χ1n) is 7.43. The smallest absolute Gasteiger partial charge is 0.228 e. The topological polar surface area (TPSA) is 32.3 Å². The molecule has 0 aromatic carbocycles. The lowest BCUT2D eigenvalue weighted by molar-refractivity contribution is -0.143. The average Bonchev–Trinajstić information content (AvgIpc) is 2.69. The number of amides is 1. The van der Waals surface area contributed by atoms with E-state index in [9.17, 15) is 4.79 Å². The zero-order valence-electron chi connectivity index (χ0n) is 12.3. The van der Waals surface area contributed by atoms with Crippen LogP contribution in [0, 0.1) is 23.2 Å². The van der Waals surface area contributed by atoms with Crippen LogP contribution in [-0.4, -0.2) is 37.0 Å². The van der Waals surface area contributed by atoms with E-state index in [0.29, 0.717) is 23.7 Å². The van der Waals surface area contributed by atoms with Crippen LogP contribution in [0.1, 0.15) is 40.5 Å². The predicted molar refractivity (Wildman–Crippen MR) is 74.3 cm³/mol. The van der Waals surface area contributed by atoms with Crippen LogP contribution in [0.2, 0.25) is 0 Å². The summed E-state index contributed by atoms with van der Waals surface area (Å²) in [6.45, 7) is 12.8. The fourth-order valence-electron chi connectivity index (χ4n) is 3.35. The quantitative estimate of drug-likeness (QED) is 0.816. The zero-order chi connectivity index (χ0) is 13.3. The van der Waals surface area contributed by atoms with Gasteiger partial charge >= 0.3 is 0 Å². The Labute approximate surface area is 111 Å². The van der Waals surface area contributed by atoms with Crippen LogP contribution in [-0.2, 0) is 4.79 Å². The van der Waals surface area contributed by atoms with Gasteiger partial charge in [0.25, 0.3) is 0 Å². The van der Waals surface area contributed by atoms with Crippen molar-refractivity contribution in [2.24, 2.45) is 23.2 Å². The predicted octanol–water partition coefficient (Wildman–Crippen LogP) is 2.13. The molecule has 0 radical (unpaired) electrons. The largest absolute Gasteiger partial charge is 0.342 e. The van der Waals surface area contributed by atoms with Crippen LogP contribution in [0.3, 0.4) is 0 Å². The van der Waals surface area contributed by atoms with E-state index in [1.807, 2.05) is 0 Å². The normalized spacial score (nSPS) is 33.8. The Bertz CT molecular complexity index is 298. The van der Waals surface area contributed by atoms with Crippen molar-refractivity contribution >= 4 is 5.91 Å². The summed E-state index contributed by atoms with van der Waals surface area (Å²) >= 11 is 0. The van der Waals surface area contributed by atoms with Crippen molar-refractivity contribution in [1.29, 1.82) is 0 Å². The molecule has 0 aromatic rings. The van der Waals surface area contributed by atoms with Crippen LogP contribution in [0.4, 0.5) is 0 Å². The lowest BCUT2D eigenvalue weighted by atomic mass is 9.74. The molecule has 3 heteroatoms. The molecule has 0 saturated carbocycles. The summed E-state index contributed by atoms with van der Waals surface area (Å²) in [4.78, 5) is 14.9. The van der Waals surface area contributed by atoms with E-state index in [2.05, 4.69) is 37.9 Å². The maximum atomic E-state index is 12.8. The van der Waals surface area contributed by atoms with Gasteiger partial charge in [0.05, 0.1) is 0 Å². The van der Waals surface area contributed by atoms with Crippen LogP contribution in [0.25, 0.3) is 0 Å². The molecule has 18 heavy (non-hydrogen) atoms. The van der Waals surface area contributed by atoms with Crippen molar-refractivity contribution in [3.05, 3.63) is 0 Å². The second kappa shape index (κ2) is 5.20. The van der Waals surface area contributed by atoms with Gasteiger partial charge in [-0.05, 0) is 43.7 Å². The number of nitrogens with one attached hydrogen (secondary N) is 1. The fraction of sp³-hybridized carbons (Fsp3) is 0.933. The summed E-state index contributed by atoms with van der Waals surface area (Å²) in [6, 6.07) is 0. The van der Waals surface area contributed by atoms with Crippen LogP contribution < -0.4 is 5.32 Å². The number of nitrogens with zero attached hydrogens (tertiary/aromatic N) is 1. The second-order valence-electron chi connectivity index (χ2n) is 6.93. The molecule has 2 aliphatic heterocycles. The molecule has 3 unspecified atom stereocenters. The number of piperidine rings is 1. The number of hydrogen-bond acceptors (Lipinski definition) is 2. The molecule has 0 aliphatic carbocycles. The van der Waals surface area contributed by atoms with E-state index in [-0.39, 0.29) is 5.41 Å². The third-order valence-electron chi connectivity index (χ3n) is 5.14. The Kier molecular flexibility index (Phi) is 4.00. The lowest BCUT2D eigenvalue weighted by Gasteiger charge is -2.38. The van der Waals surface area contributed by atoms with E-state index < -0.39 is 0 Å². The molecule has 0 bridgehead atoms. The molecule has 2 fully saturated rings. The molecule has 3 nitrogen and oxygen atoms in total. The first-order chi connectivity index (χ1) is 8.43. The van der Waals surface area contributed by atoms with E-state index in [1.54, 1.807) is 0 Å². The fourth-order valence-corrected chi connectivity index (χ4v) is 3.35. The van der Waals surface area contributed by atoms with Gasteiger partial charge in [-0.2, -0.15) is 0 Å². The number of rotatable bonds is 2. The van der Waals surface area contributed by atoms with Gasteiger partial charge in [0.1, 0.15) is 0 Å². The molecule has 3 atom stereocenters. The van der Waals surface area contributed by atoms with Crippen LogP contribution in [0.15, 0.2) is 0 Å². The highest BCUT2D eigenvalue weighted by Crippen LogP contribution is 2.36. The minimum atomic E-state index is -0.211.